The lowest BCUT2D eigenvalue weighted by Gasteiger charge is -2.40. The van der Waals surface area contributed by atoms with E-state index in [4.69, 9.17) is 0 Å². The van der Waals surface area contributed by atoms with Crippen LogP contribution in [0.2, 0.25) is 0 Å². The third-order valence-corrected chi connectivity index (χ3v) is 4.81. The first kappa shape index (κ1) is 15.0. The van der Waals surface area contributed by atoms with Crippen molar-refractivity contribution in [3.05, 3.63) is 0 Å². The van der Waals surface area contributed by atoms with Gasteiger partial charge in [-0.15, -0.1) is 0 Å². The van der Waals surface area contributed by atoms with E-state index in [0.717, 1.165) is 6.04 Å². The minimum absolute atomic E-state index is 0.548. The molecule has 1 N–H and O–H groups in total. The van der Waals surface area contributed by atoms with Crippen molar-refractivity contribution >= 4 is 0 Å². The number of piperidine rings is 1. The zero-order valence-electron chi connectivity index (χ0n) is 12.4. The van der Waals surface area contributed by atoms with Gasteiger partial charge < -0.3 is 5.32 Å². The summed E-state index contributed by atoms with van der Waals surface area (Å²) in [7, 11) is 0. The second kappa shape index (κ2) is 8.13. The fraction of sp³-hybridized carbons (Fsp3) is 1.00. The van der Waals surface area contributed by atoms with Gasteiger partial charge in [0.05, 0.1) is 0 Å². The van der Waals surface area contributed by atoms with Gasteiger partial charge in [-0.2, -0.15) is 0 Å². The van der Waals surface area contributed by atoms with Crippen molar-refractivity contribution in [2.75, 3.05) is 6.54 Å². The molecule has 1 nitrogen and oxygen atoms in total. The standard InChI is InChI=1S/C16H33N/c1-4-6-7-8-10-13-16(3,5-2)15-12-9-11-14-17-15/h15,17H,4-14H2,1-3H3. The molecule has 0 aromatic carbocycles. The summed E-state index contributed by atoms with van der Waals surface area (Å²) in [4.78, 5) is 0. The Hall–Kier alpha value is -0.0400. The van der Waals surface area contributed by atoms with Gasteiger partial charge in [-0.05, 0) is 37.6 Å². The van der Waals surface area contributed by atoms with Crippen molar-refractivity contribution in [2.24, 2.45) is 5.41 Å². The van der Waals surface area contributed by atoms with Crippen LogP contribution in [0, 0.1) is 5.41 Å². The molecule has 0 bridgehead atoms. The third-order valence-electron chi connectivity index (χ3n) is 4.81. The SMILES string of the molecule is CCCCCCCC(C)(CC)C1CCCCN1. The van der Waals surface area contributed by atoms with E-state index >= 15 is 0 Å². The molecule has 0 aliphatic carbocycles. The minimum atomic E-state index is 0.548. The predicted molar refractivity (Wildman–Crippen MR) is 77.4 cm³/mol. The van der Waals surface area contributed by atoms with Gasteiger partial charge in [0.2, 0.25) is 0 Å². The van der Waals surface area contributed by atoms with E-state index in [-0.39, 0.29) is 0 Å². The summed E-state index contributed by atoms with van der Waals surface area (Å²) in [5.74, 6) is 0. The largest absolute Gasteiger partial charge is 0.313 e. The van der Waals surface area contributed by atoms with E-state index in [0.29, 0.717) is 5.41 Å². The first-order valence-corrected chi connectivity index (χ1v) is 7.96. The zero-order chi connectivity index (χ0) is 12.6. The van der Waals surface area contributed by atoms with Crippen LogP contribution in [-0.4, -0.2) is 12.6 Å². The second-order valence-corrected chi connectivity index (χ2v) is 6.17. The smallest absolute Gasteiger partial charge is 0.0121 e. The Morgan fingerprint density at radius 2 is 1.82 bits per heavy atom. The van der Waals surface area contributed by atoms with E-state index in [9.17, 15) is 0 Å². The fourth-order valence-corrected chi connectivity index (χ4v) is 3.18. The zero-order valence-corrected chi connectivity index (χ0v) is 12.4. The molecule has 0 aromatic heterocycles. The number of rotatable bonds is 8. The summed E-state index contributed by atoms with van der Waals surface area (Å²) < 4.78 is 0. The molecule has 1 rings (SSSR count). The number of hydrogen-bond donors (Lipinski definition) is 1. The first-order chi connectivity index (χ1) is 8.23. The second-order valence-electron chi connectivity index (χ2n) is 6.17. The van der Waals surface area contributed by atoms with Crippen LogP contribution in [0.1, 0.15) is 85.0 Å². The molecule has 0 aromatic rings. The van der Waals surface area contributed by atoms with Gasteiger partial charge in [0.1, 0.15) is 0 Å². The van der Waals surface area contributed by atoms with Gasteiger partial charge in [-0.3, -0.25) is 0 Å². The van der Waals surface area contributed by atoms with Crippen LogP contribution in [0.4, 0.5) is 0 Å². The Morgan fingerprint density at radius 1 is 1.06 bits per heavy atom. The van der Waals surface area contributed by atoms with Gasteiger partial charge in [-0.1, -0.05) is 59.3 Å². The van der Waals surface area contributed by atoms with Gasteiger partial charge in [0.25, 0.3) is 0 Å². The van der Waals surface area contributed by atoms with Gasteiger partial charge in [-0.25, -0.2) is 0 Å². The lowest BCUT2D eigenvalue weighted by Crippen LogP contribution is -2.46. The maximum Gasteiger partial charge on any atom is 0.0121 e. The molecule has 2 atom stereocenters. The average Bonchev–Trinajstić information content (AvgIpc) is 2.39. The molecule has 102 valence electrons. The van der Waals surface area contributed by atoms with Crippen molar-refractivity contribution in [3.8, 4) is 0 Å². The highest BCUT2D eigenvalue weighted by atomic mass is 14.9. The van der Waals surface area contributed by atoms with Crippen molar-refractivity contribution in [2.45, 2.75) is 91.0 Å². The number of hydrogen-bond acceptors (Lipinski definition) is 1. The van der Waals surface area contributed by atoms with Gasteiger partial charge >= 0.3 is 0 Å². The summed E-state index contributed by atoms with van der Waals surface area (Å²) in [6, 6.07) is 0.785. The molecular formula is C16H33N. The molecule has 1 heteroatoms. The summed E-state index contributed by atoms with van der Waals surface area (Å²) in [5.41, 5.74) is 0.548. The summed E-state index contributed by atoms with van der Waals surface area (Å²) in [6.45, 7) is 8.43. The average molecular weight is 239 g/mol. The van der Waals surface area contributed by atoms with Crippen LogP contribution >= 0.6 is 0 Å². The molecule has 1 aliphatic rings. The van der Waals surface area contributed by atoms with E-state index in [2.05, 4.69) is 26.1 Å². The Balaban J connectivity index is 2.28. The van der Waals surface area contributed by atoms with E-state index in [1.54, 1.807) is 0 Å². The Labute approximate surface area is 109 Å². The summed E-state index contributed by atoms with van der Waals surface area (Å²) in [5, 5.41) is 3.76. The van der Waals surface area contributed by atoms with Crippen LogP contribution in [-0.2, 0) is 0 Å². The van der Waals surface area contributed by atoms with Crippen LogP contribution in [0.5, 0.6) is 0 Å². The molecule has 1 heterocycles. The summed E-state index contributed by atoms with van der Waals surface area (Å²) in [6.07, 6.45) is 14.1. The van der Waals surface area contributed by atoms with Crippen molar-refractivity contribution in [3.63, 3.8) is 0 Å². The van der Waals surface area contributed by atoms with E-state index in [1.165, 1.54) is 70.8 Å². The van der Waals surface area contributed by atoms with Gasteiger partial charge in [0.15, 0.2) is 0 Å². The van der Waals surface area contributed by atoms with Crippen molar-refractivity contribution in [1.29, 1.82) is 0 Å². The van der Waals surface area contributed by atoms with E-state index < -0.39 is 0 Å². The lowest BCUT2D eigenvalue weighted by atomic mass is 9.73. The highest BCUT2D eigenvalue weighted by molar-refractivity contribution is 4.88. The quantitative estimate of drug-likeness (QED) is 0.594. The van der Waals surface area contributed by atoms with Crippen LogP contribution in [0.25, 0.3) is 0 Å². The molecule has 0 saturated carbocycles. The monoisotopic (exact) mass is 239 g/mol. The topological polar surface area (TPSA) is 12.0 Å². The van der Waals surface area contributed by atoms with Crippen LogP contribution < -0.4 is 5.32 Å². The maximum absolute atomic E-state index is 3.76. The predicted octanol–water partition coefficient (Wildman–Crippen LogP) is 4.91. The molecule has 1 aliphatic heterocycles. The van der Waals surface area contributed by atoms with Crippen molar-refractivity contribution < 1.29 is 0 Å². The Kier molecular flexibility index (Phi) is 7.18. The normalized spacial score (nSPS) is 24.5. The molecule has 1 fully saturated rings. The highest BCUT2D eigenvalue weighted by Crippen LogP contribution is 2.36. The van der Waals surface area contributed by atoms with Crippen LogP contribution in [0.3, 0.4) is 0 Å². The van der Waals surface area contributed by atoms with Crippen molar-refractivity contribution in [1.82, 2.24) is 5.32 Å². The molecule has 17 heavy (non-hydrogen) atoms. The Bertz CT molecular complexity index is 184. The lowest BCUT2D eigenvalue weighted by molar-refractivity contribution is 0.155. The number of unbranched alkanes of at least 4 members (excludes halogenated alkanes) is 4. The summed E-state index contributed by atoms with van der Waals surface area (Å²) >= 11 is 0. The molecule has 0 spiro atoms. The maximum atomic E-state index is 3.76. The van der Waals surface area contributed by atoms with Gasteiger partial charge in [0, 0.05) is 6.04 Å². The van der Waals surface area contributed by atoms with Crippen LogP contribution in [0.15, 0.2) is 0 Å². The first-order valence-electron chi connectivity index (χ1n) is 7.96. The highest BCUT2D eigenvalue weighted by Gasteiger charge is 2.32. The molecular weight excluding hydrogens is 206 g/mol. The molecule has 0 amide bonds. The molecule has 0 radical (unpaired) electrons. The molecule has 2 unspecified atom stereocenters. The number of nitrogens with one attached hydrogen (secondary N) is 1. The minimum Gasteiger partial charge on any atom is -0.313 e. The third kappa shape index (κ3) is 4.99. The van der Waals surface area contributed by atoms with E-state index in [1.807, 2.05) is 0 Å². The Morgan fingerprint density at radius 3 is 2.41 bits per heavy atom. The fourth-order valence-electron chi connectivity index (χ4n) is 3.18. The molecule has 1 saturated heterocycles.